The van der Waals surface area contributed by atoms with E-state index in [1.165, 1.54) is 16.0 Å². The third-order valence-corrected chi connectivity index (χ3v) is 6.64. The van der Waals surface area contributed by atoms with E-state index in [0.29, 0.717) is 25.0 Å². The first-order valence-electron chi connectivity index (χ1n) is 7.16. The summed E-state index contributed by atoms with van der Waals surface area (Å²) in [5.41, 5.74) is 0. The minimum absolute atomic E-state index is 0.380. The summed E-state index contributed by atoms with van der Waals surface area (Å²) in [4.78, 5) is 5.23. The van der Waals surface area contributed by atoms with Crippen LogP contribution in [0, 0.1) is 12.8 Å². The predicted octanol–water partition coefficient (Wildman–Crippen LogP) is 1.91. The summed E-state index contributed by atoms with van der Waals surface area (Å²) in [5, 5.41) is 0. The van der Waals surface area contributed by atoms with Gasteiger partial charge in [0.05, 0.1) is 6.26 Å². The molecule has 3 aliphatic rings. The second-order valence-corrected chi connectivity index (χ2v) is 9.47. The van der Waals surface area contributed by atoms with Crippen LogP contribution in [0.15, 0.2) is 12.1 Å². The summed E-state index contributed by atoms with van der Waals surface area (Å²) in [6.45, 7) is 5.51. The Morgan fingerprint density at radius 1 is 1.25 bits per heavy atom. The number of rotatable bonds is 3. The molecule has 0 amide bonds. The van der Waals surface area contributed by atoms with E-state index in [9.17, 15) is 8.42 Å². The van der Waals surface area contributed by atoms with Gasteiger partial charge in [0.15, 0.2) is 0 Å². The van der Waals surface area contributed by atoms with Gasteiger partial charge in [-0.15, -0.1) is 11.3 Å². The van der Waals surface area contributed by atoms with Crippen molar-refractivity contribution in [2.75, 3.05) is 25.9 Å². The molecule has 112 valence electrons. The molecule has 4 heterocycles. The number of hydrogen-bond acceptors (Lipinski definition) is 4. The van der Waals surface area contributed by atoms with Crippen molar-refractivity contribution in [2.24, 2.45) is 5.92 Å². The molecule has 0 aromatic carbocycles. The number of sulfonamides is 1. The van der Waals surface area contributed by atoms with Gasteiger partial charge in [0.1, 0.15) is 0 Å². The van der Waals surface area contributed by atoms with Crippen LogP contribution >= 0.6 is 11.3 Å². The number of fused-ring (bicyclic) bond motifs is 4. The van der Waals surface area contributed by atoms with E-state index in [2.05, 4.69) is 24.0 Å². The molecule has 0 saturated carbocycles. The van der Waals surface area contributed by atoms with Gasteiger partial charge in [-0.1, -0.05) is 0 Å². The molecule has 0 radical (unpaired) electrons. The lowest BCUT2D eigenvalue weighted by molar-refractivity contribution is 0.126. The molecule has 3 saturated heterocycles. The average molecular weight is 314 g/mol. The molecule has 4 nitrogen and oxygen atoms in total. The highest BCUT2D eigenvalue weighted by Crippen LogP contribution is 2.31. The van der Waals surface area contributed by atoms with Crippen molar-refractivity contribution < 1.29 is 8.42 Å². The third-order valence-electron chi connectivity index (χ3n) is 4.42. The lowest BCUT2D eigenvalue weighted by Gasteiger charge is -2.35. The molecular formula is C14H22N2O2S2. The minimum atomic E-state index is -3.06. The molecule has 2 atom stereocenters. The molecule has 6 heteroatoms. The van der Waals surface area contributed by atoms with E-state index >= 15 is 0 Å². The van der Waals surface area contributed by atoms with E-state index < -0.39 is 10.0 Å². The average Bonchev–Trinajstić information content (AvgIpc) is 2.60. The van der Waals surface area contributed by atoms with Gasteiger partial charge in [0.25, 0.3) is 0 Å². The van der Waals surface area contributed by atoms with Crippen LogP contribution in [0.25, 0.3) is 0 Å². The highest BCUT2D eigenvalue weighted by atomic mass is 32.2. The van der Waals surface area contributed by atoms with Crippen LogP contribution in [0.1, 0.15) is 22.6 Å². The second-order valence-electron chi connectivity index (χ2n) is 6.12. The fourth-order valence-electron chi connectivity index (χ4n) is 3.37. The monoisotopic (exact) mass is 314 g/mol. The maximum absolute atomic E-state index is 11.8. The second kappa shape index (κ2) is 5.40. The van der Waals surface area contributed by atoms with Crippen molar-refractivity contribution in [3.8, 4) is 0 Å². The molecule has 0 unspecified atom stereocenters. The topological polar surface area (TPSA) is 40.6 Å². The van der Waals surface area contributed by atoms with Gasteiger partial charge < -0.3 is 0 Å². The highest BCUT2D eigenvalue weighted by molar-refractivity contribution is 7.88. The van der Waals surface area contributed by atoms with E-state index in [1.54, 1.807) is 4.31 Å². The van der Waals surface area contributed by atoms with Gasteiger partial charge in [-0.3, -0.25) is 4.90 Å². The lowest BCUT2D eigenvalue weighted by Crippen LogP contribution is -2.43. The van der Waals surface area contributed by atoms with Crippen molar-refractivity contribution in [3.05, 3.63) is 21.9 Å². The molecule has 4 rings (SSSR count). The van der Waals surface area contributed by atoms with Crippen LogP contribution in [-0.2, 0) is 16.6 Å². The zero-order valence-corrected chi connectivity index (χ0v) is 13.7. The van der Waals surface area contributed by atoms with E-state index in [0.717, 1.165) is 25.9 Å². The van der Waals surface area contributed by atoms with E-state index in [-0.39, 0.29) is 0 Å². The van der Waals surface area contributed by atoms with Gasteiger partial charge in [-0.2, -0.15) is 0 Å². The van der Waals surface area contributed by atoms with Crippen molar-refractivity contribution in [1.82, 2.24) is 9.21 Å². The highest BCUT2D eigenvalue weighted by Gasteiger charge is 2.37. The predicted molar refractivity (Wildman–Crippen MR) is 82.4 cm³/mol. The lowest BCUT2D eigenvalue weighted by atomic mass is 9.95. The number of hydrogen-bond donors (Lipinski definition) is 0. The van der Waals surface area contributed by atoms with Crippen molar-refractivity contribution in [1.29, 1.82) is 0 Å². The van der Waals surface area contributed by atoms with Gasteiger partial charge in [0, 0.05) is 42.0 Å². The summed E-state index contributed by atoms with van der Waals surface area (Å²) in [5.74, 6) is 0.490. The van der Waals surface area contributed by atoms with Crippen molar-refractivity contribution in [3.63, 3.8) is 0 Å². The molecule has 3 aliphatic heterocycles. The summed E-state index contributed by atoms with van der Waals surface area (Å²) < 4.78 is 25.4. The van der Waals surface area contributed by atoms with E-state index in [1.807, 2.05) is 11.3 Å². The molecule has 0 N–H and O–H groups in total. The Morgan fingerprint density at radius 2 is 2.05 bits per heavy atom. The maximum atomic E-state index is 11.8. The van der Waals surface area contributed by atoms with Gasteiger partial charge >= 0.3 is 0 Å². The smallest absolute Gasteiger partial charge is 0.211 e. The summed E-state index contributed by atoms with van der Waals surface area (Å²) in [7, 11) is -3.06. The Morgan fingerprint density at radius 3 is 2.70 bits per heavy atom. The fraction of sp³-hybridized carbons (Fsp3) is 0.714. The first kappa shape index (κ1) is 14.5. The third kappa shape index (κ3) is 3.08. The van der Waals surface area contributed by atoms with Crippen LogP contribution in [0.3, 0.4) is 0 Å². The van der Waals surface area contributed by atoms with Crippen LogP contribution in [0.2, 0.25) is 0 Å². The first-order chi connectivity index (χ1) is 9.41. The number of thiophene rings is 1. The quantitative estimate of drug-likeness (QED) is 0.856. The molecule has 3 fully saturated rings. The van der Waals surface area contributed by atoms with Crippen molar-refractivity contribution >= 4 is 21.4 Å². The Bertz CT molecular complexity index is 582. The Balaban J connectivity index is 1.75. The minimum Gasteiger partial charge on any atom is -0.294 e. The Kier molecular flexibility index (Phi) is 3.92. The fourth-order valence-corrected chi connectivity index (χ4v) is 5.21. The molecular weight excluding hydrogens is 292 g/mol. The number of nitrogens with zero attached hydrogens (tertiary/aromatic N) is 2. The molecule has 2 bridgehead atoms. The van der Waals surface area contributed by atoms with Crippen LogP contribution in [-0.4, -0.2) is 49.6 Å². The Hall–Kier alpha value is -0.430. The zero-order chi connectivity index (χ0) is 14.3. The summed E-state index contributed by atoms with van der Waals surface area (Å²) in [6, 6.07) is 4.75. The molecule has 1 aromatic rings. The number of piperidine rings is 1. The zero-order valence-electron chi connectivity index (χ0n) is 12.1. The summed E-state index contributed by atoms with van der Waals surface area (Å²) >= 11 is 1.85. The molecule has 20 heavy (non-hydrogen) atoms. The van der Waals surface area contributed by atoms with Crippen LogP contribution < -0.4 is 0 Å². The molecule has 0 aliphatic carbocycles. The van der Waals surface area contributed by atoms with Gasteiger partial charge in [-0.25, -0.2) is 12.7 Å². The van der Waals surface area contributed by atoms with Gasteiger partial charge in [0.2, 0.25) is 10.0 Å². The Labute approximate surface area is 125 Å². The van der Waals surface area contributed by atoms with Crippen LogP contribution in [0.4, 0.5) is 0 Å². The maximum Gasteiger partial charge on any atom is 0.211 e. The standard InChI is InChI=1S/C14H22N2O2S2/c1-11-3-6-14(19-11)10-15-7-12-4-5-13(15)9-16(8-12)20(2,17)18/h3,6,12-13H,4-5,7-10H2,1-2H3/t12-,13-/m1/s1. The van der Waals surface area contributed by atoms with Crippen molar-refractivity contribution in [2.45, 2.75) is 32.4 Å². The summed E-state index contributed by atoms with van der Waals surface area (Å²) in [6.07, 6.45) is 3.63. The largest absolute Gasteiger partial charge is 0.294 e. The normalized spacial score (nSPS) is 28.7. The molecule has 1 aromatic heterocycles. The SMILES string of the molecule is Cc1ccc(CN2C[C@H]3CC[C@@H]2CN(S(C)(=O)=O)C3)s1. The number of aryl methyl sites for hydroxylation is 1. The first-order valence-corrected chi connectivity index (χ1v) is 9.83. The van der Waals surface area contributed by atoms with Gasteiger partial charge in [-0.05, 0) is 37.8 Å². The van der Waals surface area contributed by atoms with E-state index in [4.69, 9.17) is 0 Å². The van der Waals surface area contributed by atoms with Crippen LogP contribution in [0.5, 0.6) is 0 Å². The molecule has 0 spiro atoms.